The monoisotopic (exact) mass is 293 g/mol. The van der Waals surface area contributed by atoms with E-state index in [0.717, 1.165) is 31.5 Å². The number of hydrogen-bond acceptors (Lipinski definition) is 3. The number of piperidine rings is 1. The zero-order valence-corrected chi connectivity index (χ0v) is 12.8. The highest BCUT2D eigenvalue weighted by Crippen LogP contribution is 2.19. The number of amides is 1. The van der Waals surface area contributed by atoms with E-state index in [1.54, 1.807) is 24.1 Å². The van der Waals surface area contributed by atoms with E-state index in [0.29, 0.717) is 6.54 Å². The van der Waals surface area contributed by atoms with Gasteiger partial charge in [-0.2, -0.15) is 0 Å². The molecule has 0 spiro atoms. The second-order valence-electron chi connectivity index (χ2n) is 5.85. The number of nitrogens with zero attached hydrogens (tertiary/aromatic N) is 2. The van der Waals surface area contributed by atoms with Gasteiger partial charge in [0.15, 0.2) is 0 Å². The Morgan fingerprint density at radius 1 is 1.38 bits per heavy atom. The maximum absolute atomic E-state index is 13.0. The lowest BCUT2D eigenvalue weighted by Crippen LogP contribution is -2.45. The van der Waals surface area contributed by atoms with E-state index in [2.05, 4.69) is 4.90 Å². The second kappa shape index (κ2) is 7.00. The number of likely N-dealkylation sites (tertiary alicyclic amines) is 1. The van der Waals surface area contributed by atoms with Gasteiger partial charge in [-0.3, -0.25) is 9.69 Å². The summed E-state index contributed by atoms with van der Waals surface area (Å²) in [6.07, 6.45) is 1.90. The number of rotatable bonds is 4. The fourth-order valence-corrected chi connectivity index (χ4v) is 2.59. The van der Waals surface area contributed by atoms with Crippen LogP contribution in [0.4, 0.5) is 4.39 Å². The molecule has 1 saturated heterocycles. The minimum absolute atomic E-state index is 0.0647. The Labute approximate surface area is 125 Å². The van der Waals surface area contributed by atoms with E-state index in [1.807, 2.05) is 6.92 Å². The van der Waals surface area contributed by atoms with Crippen molar-refractivity contribution in [1.29, 1.82) is 0 Å². The molecule has 1 heterocycles. The quantitative estimate of drug-likeness (QED) is 0.920. The van der Waals surface area contributed by atoms with Gasteiger partial charge in [-0.1, -0.05) is 12.1 Å². The molecule has 0 aromatic heterocycles. The topological polar surface area (TPSA) is 49.6 Å². The fraction of sp³-hybridized carbons (Fsp3) is 0.562. The summed E-state index contributed by atoms with van der Waals surface area (Å²) in [5, 5.41) is 0. The molecule has 1 aromatic rings. The molecule has 5 heteroatoms. The molecule has 2 N–H and O–H groups in total. The minimum Gasteiger partial charge on any atom is -0.338 e. The van der Waals surface area contributed by atoms with Crippen molar-refractivity contribution >= 4 is 5.91 Å². The molecule has 116 valence electrons. The highest BCUT2D eigenvalue weighted by atomic mass is 19.1. The lowest BCUT2D eigenvalue weighted by Gasteiger charge is -2.32. The molecule has 4 nitrogen and oxygen atoms in total. The molecule has 1 amide bonds. The van der Waals surface area contributed by atoms with Crippen molar-refractivity contribution in [3.05, 3.63) is 35.6 Å². The number of carbonyl (C=O) groups excluding carboxylic acids is 1. The summed E-state index contributed by atoms with van der Waals surface area (Å²) in [6, 6.07) is 6.51. The van der Waals surface area contributed by atoms with Crippen LogP contribution in [-0.2, 0) is 4.79 Å². The van der Waals surface area contributed by atoms with Crippen molar-refractivity contribution < 1.29 is 9.18 Å². The molecule has 1 atom stereocenters. The first-order valence-corrected chi connectivity index (χ1v) is 7.46. The van der Waals surface area contributed by atoms with Crippen LogP contribution in [0, 0.1) is 5.82 Å². The molecule has 1 aliphatic heterocycles. The first kappa shape index (κ1) is 15.9. The van der Waals surface area contributed by atoms with E-state index in [-0.39, 0.29) is 23.8 Å². The highest BCUT2D eigenvalue weighted by Gasteiger charge is 2.22. The Morgan fingerprint density at radius 2 is 1.95 bits per heavy atom. The molecular formula is C16H24FN3O. The van der Waals surface area contributed by atoms with Gasteiger partial charge in [0.25, 0.3) is 0 Å². The Bertz CT molecular complexity index is 469. The molecule has 0 radical (unpaired) electrons. The fourth-order valence-electron chi connectivity index (χ4n) is 2.59. The van der Waals surface area contributed by atoms with Gasteiger partial charge in [0.2, 0.25) is 5.91 Å². The zero-order chi connectivity index (χ0) is 15.4. The molecule has 1 aromatic carbocycles. The summed E-state index contributed by atoms with van der Waals surface area (Å²) in [5.41, 5.74) is 6.81. The molecule has 1 unspecified atom stereocenters. The molecule has 1 aliphatic rings. The summed E-state index contributed by atoms with van der Waals surface area (Å²) in [5.74, 6) is -0.174. The molecule has 1 fully saturated rings. The summed E-state index contributed by atoms with van der Waals surface area (Å²) in [7, 11) is 1.80. The summed E-state index contributed by atoms with van der Waals surface area (Å²) in [4.78, 5) is 16.2. The number of benzene rings is 1. The average molecular weight is 293 g/mol. The lowest BCUT2D eigenvalue weighted by atomic mass is 10.1. The maximum atomic E-state index is 13.0. The minimum atomic E-state index is -0.260. The van der Waals surface area contributed by atoms with Gasteiger partial charge in [0.1, 0.15) is 5.82 Å². The third kappa shape index (κ3) is 4.25. The lowest BCUT2D eigenvalue weighted by molar-refractivity contribution is -0.133. The van der Waals surface area contributed by atoms with Gasteiger partial charge in [-0.05, 0) is 37.5 Å². The molecular weight excluding hydrogens is 269 g/mol. The van der Waals surface area contributed by atoms with Gasteiger partial charge in [-0.15, -0.1) is 0 Å². The van der Waals surface area contributed by atoms with Gasteiger partial charge >= 0.3 is 0 Å². The van der Waals surface area contributed by atoms with Crippen molar-refractivity contribution in [2.45, 2.75) is 31.8 Å². The predicted molar refractivity (Wildman–Crippen MR) is 81.2 cm³/mol. The van der Waals surface area contributed by atoms with Crippen molar-refractivity contribution in [2.24, 2.45) is 5.73 Å². The summed E-state index contributed by atoms with van der Waals surface area (Å²) in [6.45, 7) is 4.14. The maximum Gasteiger partial charge on any atom is 0.236 e. The Kier molecular flexibility index (Phi) is 5.31. The van der Waals surface area contributed by atoms with Crippen LogP contribution in [0.3, 0.4) is 0 Å². The number of likely N-dealkylation sites (N-methyl/N-ethyl adjacent to an activating group) is 1. The smallest absolute Gasteiger partial charge is 0.236 e. The Hall–Kier alpha value is -1.46. The van der Waals surface area contributed by atoms with Crippen LogP contribution in [-0.4, -0.2) is 48.4 Å². The van der Waals surface area contributed by atoms with Crippen LogP contribution in [0.5, 0.6) is 0 Å². The van der Waals surface area contributed by atoms with Crippen LogP contribution in [0.2, 0.25) is 0 Å². The van der Waals surface area contributed by atoms with Gasteiger partial charge < -0.3 is 10.6 Å². The van der Waals surface area contributed by atoms with E-state index < -0.39 is 0 Å². The van der Waals surface area contributed by atoms with Crippen molar-refractivity contribution in [1.82, 2.24) is 9.80 Å². The van der Waals surface area contributed by atoms with Crippen LogP contribution in [0.25, 0.3) is 0 Å². The van der Waals surface area contributed by atoms with Crippen molar-refractivity contribution in [3.63, 3.8) is 0 Å². The molecule has 2 rings (SSSR count). The van der Waals surface area contributed by atoms with Gasteiger partial charge in [-0.25, -0.2) is 4.39 Å². The first-order valence-electron chi connectivity index (χ1n) is 7.46. The average Bonchev–Trinajstić information content (AvgIpc) is 2.49. The molecule has 21 heavy (non-hydrogen) atoms. The zero-order valence-electron chi connectivity index (χ0n) is 12.8. The van der Waals surface area contributed by atoms with Crippen molar-refractivity contribution in [3.8, 4) is 0 Å². The third-order valence-corrected chi connectivity index (χ3v) is 4.32. The number of nitrogens with two attached hydrogens (primary N) is 1. The van der Waals surface area contributed by atoms with Gasteiger partial charge in [0.05, 0.1) is 12.6 Å². The third-order valence-electron chi connectivity index (χ3n) is 4.32. The molecule has 0 aliphatic carbocycles. The van der Waals surface area contributed by atoms with Crippen LogP contribution >= 0.6 is 0 Å². The van der Waals surface area contributed by atoms with Crippen LogP contribution < -0.4 is 5.73 Å². The first-order chi connectivity index (χ1) is 9.97. The van der Waals surface area contributed by atoms with Crippen molar-refractivity contribution in [2.75, 3.05) is 26.7 Å². The number of hydrogen-bond donors (Lipinski definition) is 1. The second-order valence-corrected chi connectivity index (χ2v) is 5.85. The van der Waals surface area contributed by atoms with Gasteiger partial charge in [0, 0.05) is 26.2 Å². The molecule has 0 bridgehead atoms. The predicted octanol–water partition coefficient (Wildman–Crippen LogP) is 1.77. The Balaban J connectivity index is 1.90. The van der Waals surface area contributed by atoms with E-state index in [1.165, 1.54) is 12.1 Å². The van der Waals surface area contributed by atoms with E-state index in [9.17, 15) is 9.18 Å². The Morgan fingerprint density at radius 3 is 2.52 bits per heavy atom. The number of halogens is 1. The normalized spacial score (nSPS) is 18.5. The number of carbonyl (C=O) groups is 1. The van der Waals surface area contributed by atoms with E-state index in [4.69, 9.17) is 5.73 Å². The van der Waals surface area contributed by atoms with Crippen LogP contribution in [0.1, 0.15) is 31.4 Å². The SMILES string of the molecule is CC(c1ccc(F)cc1)N(C)C(=O)CN1CCC(N)CC1. The summed E-state index contributed by atoms with van der Waals surface area (Å²) < 4.78 is 13.0. The highest BCUT2D eigenvalue weighted by molar-refractivity contribution is 5.78. The molecule has 0 saturated carbocycles. The standard InChI is InChI=1S/C16H24FN3O/c1-12(13-3-5-14(17)6-4-13)19(2)16(21)11-20-9-7-15(18)8-10-20/h3-6,12,15H,7-11,18H2,1-2H3. The van der Waals surface area contributed by atoms with E-state index >= 15 is 0 Å². The summed E-state index contributed by atoms with van der Waals surface area (Å²) >= 11 is 0. The largest absolute Gasteiger partial charge is 0.338 e. The van der Waals surface area contributed by atoms with Crippen LogP contribution in [0.15, 0.2) is 24.3 Å².